The monoisotopic (exact) mass is 360 g/mol. The lowest BCUT2D eigenvalue weighted by Crippen LogP contribution is -2.41. The number of halogens is 7. The Bertz CT molecular complexity index is 855. The van der Waals surface area contributed by atoms with Crippen LogP contribution in [0.2, 0.25) is 0 Å². The Kier molecular flexibility index (Phi) is 4.12. The van der Waals surface area contributed by atoms with Crippen LogP contribution in [0.25, 0.3) is 0 Å². The highest BCUT2D eigenvalue weighted by Crippen LogP contribution is 2.38. The van der Waals surface area contributed by atoms with Gasteiger partial charge in [0.1, 0.15) is 11.3 Å². The second-order valence-corrected chi connectivity index (χ2v) is 4.35. The molecule has 1 amide bonds. The molecule has 1 aromatic heterocycles. The molecule has 0 saturated heterocycles. The van der Waals surface area contributed by atoms with Gasteiger partial charge in [0.05, 0.1) is 0 Å². The van der Waals surface area contributed by atoms with Gasteiger partial charge >= 0.3 is 23.4 Å². The second kappa shape index (κ2) is 5.65. The molecular weight excluding hydrogens is 355 g/mol. The number of carbonyl (C=O) groups is 1. The summed E-state index contributed by atoms with van der Waals surface area (Å²) in [5, 5.41) is 3.15. The number of amides is 1. The van der Waals surface area contributed by atoms with Crippen LogP contribution in [-0.2, 0) is 13.2 Å². The van der Waals surface area contributed by atoms with E-state index >= 15 is 0 Å². The summed E-state index contributed by atoms with van der Waals surface area (Å²) in [6.45, 7) is 0. The number of carbonyl (C=O) groups excluding carboxylic acids is 1. The molecule has 2 aromatic rings. The smallest absolute Gasteiger partial charge is 0.311 e. The van der Waals surface area contributed by atoms with Crippen LogP contribution in [0.4, 0.5) is 36.4 Å². The number of benzene rings is 1. The van der Waals surface area contributed by atoms with Gasteiger partial charge in [-0.15, -0.1) is 0 Å². The van der Waals surface area contributed by atoms with E-state index < -0.39 is 57.9 Å². The molecule has 6 nitrogen and oxygen atoms in total. The maximum atomic E-state index is 13.6. The van der Waals surface area contributed by atoms with E-state index in [1.165, 1.54) is 5.32 Å². The highest BCUT2D eigenvalue weighted by molar-refractivity contribution is 6.01. The lowest BCUT2D eigenvalue weighted by atomic mass is 10.1. The van der Waals surface area contributed by atoms with Crippen LogP contribution < -0.4 is 15.6 Å². The van der Waals surface area contributed by atoms with Crippen LogP contribution in [0.3, 0.4) is 0 Å². The van der Waals surface area contributed by atoms with Crippen molar-refractivity contribution in [3.8, 4) is 0 Å². The molecule has 24 heavy (non-hydrogen) atoms. The van der Waals surface area contributed by atoms with Crippen molar-refractivity contribution < 1.29 is 44.7 Å². The molecule has 1 aromatic carbocycles. The minimum Gasteiger partial charge on any atom is -0.311 e. The van der Waals surface area contributed by atoms with Gasteiger partial charge in [-0.2, -0.15) is 13.2 Å². The van der Waals surface area contributed by atoms with Gasteiger partial charge in [-0.3, -0.25) is 9.32 Å². The molecule has 130 valence electrons. The lowest BCUT2D eigenvalue weighted by Gasteiger charge is -2.13. The standard InChI is InChI=1S/C11H4F7N3O3/c1-21-8(10(23)24-20-21)9(22)19-7-5(14)3(12)2(11(16,17)18)4(13)6(7)15/h1H3,(H-,19,20,22,23)/p+1. The van der Waals surface area contributed by atoms with Crippen molar-refractivity contribution in [3.63, 3.8) is 0 Å². The number of alkyl halides is 3. The predicted molar refractivity (Wildman–Crippen MR) is 59.7 cm³/mol. The van der Waals surface area contributed by atoms with Crippen molar-refractivity contribution in [2.75, 3.05) is 5.32 Å². The summed E-state index contributed by atoms with van der Waals surface area (Å²) in [6, 6.07) is 0. The summed E-state index contributed by atoms with van der Waals surface area (Å²) >= 11 is 0. The van der Waals surface area contributed by atoms with E-state index in [9.17, 15) is 40.3 Å². The molecule has 0 saturated carbocycles. The molecule has 0 spiro atoms. The molecule has 2 N–H and O–H groups in total. The lowest BCUT2D eigenvalue weighted by molar-refractivity contribution is -0.741. The molecule has 0 aliphatic carbocycles. The van der Waals surface area contributed by atoms with Crippen LogP contribution in [0.5, 0.6) is 0 Å². The van der Waals surface area contributed by atoms with Crippen LogP contribution >= 0.6 is 0 Å². The van der Waals surface area contributed by atoms with Gasteiger partial charge in [0.15, 0.2) is 30.3 Å². The third kappa shape index (κ3) is 2.72. The van der Waals surface area contributed by atoms with Crippen LogP contribution in [0.15, 0.2) is 9.32 Å². The van der Waals surface area contributed by atoms with Crippen molar-refractivity contribution in [3.05, 3.63) is 44.9 Å². The second-order valence-electron chi connectivity index (χ2n) is 4.35. The zero-order valence-corrected chi connectivity index (χ0v) is 11.3. The molecular formula is C11H5F7N3O3+. The third-order valence-corrected chi connectivity index (χ3v) is 2.80. The Hall–Kier alpha value is -2.86. The molecule has 13 heteroatoms. The fourth-order valence-electron chi connectivity index (χ4n) is 1.75. The number of nitrogens with zero attached hydrogens (tertiary/aromatic N) is 1. The molecule has 1 heterocycles. The summed E-state index contributed by atoms with van der Waals surface area (Å²) in [7, 11) is 1.07. The van der Waals surface area contributed by atoms with Crippen LogP contribution in [0, 0.1) is 23.3 Å². The summed E-state index contributed by atoms with van der Waals surface area (Å²) in [6.07, 6.45) is -5.72. The zero-order valence-electron chi connectivity index (χ0n) is 11.3. The molecule has 0 bridgehead atoms. The summed E-state index contributed by atoms with van der Waals surface area (Å²) in [4.78, 5) is 22.9. The minimum absolute atomic E-state index is 0.657. The van der Waals surface area contributed by atoms with Gasteiger partial charge in [-0.1, -0.05) is 4.68 Å². The fourth-order valence-corrected chi connectivity index (χ4v) is 1.75. The minimum atomic E-state index is -5.72. The van der Waals surface area contributed by atoms with E-state index in [4.69, 9.17) is 0 Å². The number of hydrogen-bond donors (Lipinski definition) is 2. The Morgan fingerprint density at radius 3 is 1.96 bits per heavy atom. The van der Waals surface area contributed by atoms with Crippen LogP contribution in [-0.4, -0.2) is 11.2 Å². The number of aryl methyl sites for hydroxylation is 1. The number of H-pyrrole nitrogens is 1. The van der Waals surface area contributed by atoms with Crippen molar-refractivity contribution >= 4 is 11.6 Å². The maximum absolute atomic E-state index is 13.6. The van der Waals surface area contributed by atoms with E-state index in [1.807, 2.05) is 5.27 Å². The first-order chi connectivity index (χ1) is 11.0. The van der Waals surface area contributed by atoms with E-state index in [-0.39, 0.29) is 0 Å². The number of rotatable bonds is 2. The van der Waals surface area contributed by atoms with Gasteiger partial charge in [0.2, 0.25) is 0 Å². The Morgan fingerprint density at radius 1 is 1.08 bits per heavy atom. The number of nitrogens with one attached hydrogen (secondary N) is 2. The van der Waals surface area contributed by atoms with Gasteiger partial charge < -0.3 is 5.32 Å². The maximum Gasteiger partial charge on any atom is 0.440 e. The summed E-state index contributed by atoms with van der Waals surface area (Å²) in [5.74, 6) is -12.1. The van der Waals surface area contributed by atoms with Gasteiger partial charge in [-0.25, -0.2) is 22.4 Å². The molecule has 2 rings (SSSR count). The Morgan fingerprint density at radius 2 is 1.58 bits per heavy atom. The van der Waals surface area contributed by atoms with E-state index in [1.54, 1.807) is 0 Å². The average Bonchev–Trinajstić information content (AvgIpc) is 2.79. The first-order valence-electron chi connectivity index (χ1n) is 5.78. The third-order valence-electron chi connectivity index (χ3n) is 2.80. The molecule has 0 aliphatic rings. The van der Waals surface area contributed by atoms with E-state index in [0.717, 1.165) is 7.05 Å². The fraction of sp³-hybridized carbons (Fsp3) is 0.182. The SMILES string of the molecule is C[n+]1[nH]oc(=O)c1C(=O)Nc1c(F)c(F)c(C(F)(F)F)c(F)c1F. The van der Waals surface area contributed by atoms with Crippen molar-refractivity contribution in [2.24, 2.45) is 7.05 Å². The van der Waals surface area contributed by atoms with Crippen LogP contribution in [0.1, 0.15) is 16.1 Å². The molecule has 0 radical (unpaired) electrons. The molecule has 0 fully saturated rings. The average molecular weight is 360 g/mol. The van der Waals surface area contributed by atoms with E-state index in [0.29, 0.717) is 4.68 Å². The van der Waals surface area contributed by atoms with Crippen molar-refractivity contribution in [1.29, 1.82) is 0 Å². The quantitative estimate of drug-likeness (QED) is 0.485. The highest BCUT2D eigenvalue weighted by atomic mass is 19.4. The summed E-state index contributed by atoms with van der Waals surface area (Å²) in [5.41, 5.74) is -6.79. The molecule has 0 atom stereocenters. The highest BCUT2D eigenvalue weighted by Gasteiger charge is 2.43. The van der Waals surface area contributed by atoms with Crippen molar-refractivity contribution in [1.82, 2.24) is 5.27 Å². The molecule has 0 aliphatic heterocycles. The van der Waals surface area contributed by atoms with Gasteiger partial charge in [0, 0.05) is 0 Å². The van der Waals surface area contributed by atoms with E-state index in [2.05, 4.69) is 4.52 Å². The topological polar surface area (TPSA) is 79.0 Å². The number of aromatic amines is 1. The van der Waals surface area contributed by atoms with Gasteiger partial charge in [0.25, 0.3) is 0 Å². The normalized spacial score (nSPS) is 11.7. The Labute approximate surface area is 126 Å². The number of anilines is 1. The number of hydrogen-bond acceptors (Lipinski definition) is 3. The predicted octanol–water partition coefficient (Wildman–Crippen LogP) is 1.62. The summed E-state index contributed by atoms with van der Waals surface area (Å²) < 4.78 is 96.2. The first kappa shape index (κ1) is 17.5. The largest absolute Gasteiger partial charge is 0.440 e. The molecule has 0 unspecified atom stereocenters. The first-order valence-corrected chi connectivity index (χ1v) is 5.78. The Balaban J connectivity index is 2.57. The van der Waals surface area contributed by atoms with Crippen molar-refractivity contribution in [2.45, 2.75) is 6.18 Å². The van der Waals surface area contributed by atoms with Gasteiger partial charge in [-0.05, 0) is 5.27 Å². The number of aromatic nitrogens is 2. The zero-order chi connectivity index (χ0) is 18.4.